The standard InChI is InChI=1S/C29H36N6O4S/c1-18(2)22-14-23(17-34(4)16-22)35-12-10-26(32-35)40(37,38)33-29(36)31-28-24-8-6-7-20(24)13-19(3)27(28)21-9-11-30-25(15-21)39-5/h9-13,15,23H,6-8,14,16-17H2,1-5H3,(H2,31,33,36). The lowest BCUT2D eigenvalue weighted by Gasteiger charge is -2.32. The number of ether oxygens (including phenoxy) is 1. The number of aryl methyl sites for hydroxylation is 2. The molecule has 2 N–H and O–H groups in total. The lowest BCUT2D eigenvalue weighted by atomic mass is 9.93. The van der Waals surface area contributed by atoms with Crippen LogP contribution in [0.1, 0.15) is 49.4 Å². The Kier molecular flexibility index (Phi) is 7.70. The Bertz CT molecular complexity index is 1590. The number of carbonyl (C=O) groups is 1. The third-order valence-corrected chi connectivity index (χ3v) is 8.92. The molecule has 2 aliphatic rings. The molecule has 11 heteroatoms. The van der Waals surface area contributed by atoms with Gasteiger partial charge in [0.05, 0.1) is 18.8 Å². The molecule has 2 amide bonds. The summed E-state index contributed by atoms with van der Waals surface area (Å²) in [7, 11) is -0.612. The molecule has 1 aromatic carbocycles. The van der Waals surface area contributed by atoms with Gasteiger partial charge >= 0.3 is 6.03 Å². The van der Waals surface area contributed by atoms with Crippen molar-refractivity contribution in [2.75, 3.05) is 32.6 Å². The van der Waals surface area contributed by atoms with E-state index in [4.69, 9.17) is 4.74 Å². The van der Waals surface area contributed by atoms with Gasteiger partial charge in [0.1, 0.15) is 0 Å². The fourth-order valence-corrected chi connectivity index (χ4v) is 6.61. The number of aromatic nitrogens is 3. The molecule has 2 aromatic heterocycles. The number of amides is 2. The smallest absolute Gasteiger partial charge is 0.333 e. The van der Waals surface area contributed by atoms with E-state index in [1.807, 2.05) is 20.0 Å². The minimum Gasteiger partial charge on any atom is -0.481 e. The Morgan fingerprint density at radius 1 is 1.18 bits per heavy atom. The third kappa shape index (κ3) is 5.62. The number of nitrogens with zero attached hydrogens (tertiary/aromatic N) is 4. The van der Waals surface area contributed by atoms with Crippen LogP contribution in [-0.2, 0) is 22.9 Å². The number of hydrogen-bond donors (Lipinski definition) is 2. The number of likely N-dealkylation sites (tertiary alicyclic amines) is 1. The van der Waals surface area contributed by atoms with Gasteiger partial charge in [0.2, 0.25) is 5.88 Å². The average Bonchev–Trinajstić information content (AvgIpc) is 3.59. The number of carbonyl (C=O) groups excluding carboxylic acids is 1. The normalized spacial score (nSPS) is 17.4. The number of methoxy groups -OCH3 is 1. The van der Waals surface area contributed by atoms with Crippen LogP contribution in [0.4, 0.5) is 10.5 Å². The minimum absolute atomic E-state index is 0.0104. The molecule has 1 saturated heterocycles. The first-order chi connectivity index (χ1) is 19.1. The Hall–Kier alpha value is -3.70. The number of urea groups is 1. The SMILES string of the molecule is COc1cc(-c2c(C)cc3c(c2NC(=O)NS(=O)(=O)c2ccn(C4CC(=C(C)C)CN(C)C4)n2)CCC3)ccn1. The highest BCUT2D eigenvalue weighted by Gasteiger charge is 2.28. The van der Waals surface area contributed by atoms with Crippen molar-refractivity contribution < 1.29 is 17.9 Å². The van der Waals surface area contributed by atoms with Crippen LogP contribution in [0.25, 0.3) is 11.1 Å². The number of allylic oxidation sites excluding steroid dienone is 1. The van der Waals surface area contributed by atoms with E-state index in [1.54, 1.807) is 30.3 Å². The van der Waals surface area contributed by atoms with E-state index in [-0.39, 0.29) is 11.1 Å². The molecule has 3 aromatic rings. The van der Waals surface area contributed by atoms with Gasteiger partial charge in [-0.25, -0.2) is 14.5 Å². The van der Waals surface area contributed by atoms with Crippen molar-refractivity contribution >= 4 is 21.7 Å². The van der Waals surface area contributed by atoms with Crippen molar-refractivity contribution in [2.24, 2.45) is 0 Å². The number of likely N-dealkylation sites (N-methyl/N-ethyl adjacent to an activating group) is 1. The Labute approximate surface area is 235 Å². The highest BCUT2D eigenvalue weighted by molar-refractivity contribution is 7.90. The lowest BCUT2D eigenvalue weighted by molar-refractivity contribution is 0.239. The highest BCUT2D eigenvalue weighted by atomic mass is 32.2. The number of nitrogens with one attached hydrogen (secondary N) is 2. The minimum atomic E-state index is -4.20. The van der Waals surface area contributed by atoms with Gasteiger partial charge in [-0.05, 0) is 87.9 Å². The maximum atomic E-state index is 13.2. The molecule has 1 unspecified atom stereocenters. The summed E-state index contributed by atoms with van der Waals surface area (Å²) in [6, 6.07) is 6.41. The van der Waals surface area contributed by atoms with Crippen LogP contribution in [0.5, 0.6) is 5.88 Å². The summed E-state index contributed by atoms with van der Waals surface area (Å²) in [4.78, 5) is 19.6. The molecule has 5 rings (SSSR count). The summed E-state index contributed by atoms with van der Waals surface area (Å²) < 4.78 is 35.6. The van der Waals surface area contributed by atoms with Crippen molar-refractivity contribution in [3.63, 3.8) is 0 Å². The van der Waals surface area contributed by atoms with Gasteiger partial charge in [-0.3, -0.25) is 4.68 Å². The number of benzene rings is 1. The summed E-state index contributed by atoms with van der Waals surface area (Å²) in [6.45, 7) is 7.81. The molecule has 0 radical (unpaired) electrons. The van der Waals surface area contributed by atoms with Crippen LogP contribution in [0, 0.1) is 6.92 Å². The van der Waals surface area contributed by atoms with Gasteiger partial charge in [0, 0.05) is 37.1 Å². The van der Waals surface area contributed by atoms with Crippen molar-refractivity contribution in [3.8, 4) is 17.0 Å². The van der Waals surface area contributed by atoms with Gasteiger partial charge in [-0.2, -0.15) is 13.5 Å². The Morgan fingerprint density at radius 2 is 1.98 bits per heavy atom. The second kappa shape index (κ2) is 11.1. The zero-order chi connectivity index (χ0) is 28.6. The maximum Gasteiger partial charge on any atom is 0.333 e. The van der Waals surface area contributed by atoms with E-state index in [1.165, 1.54) is 17.2 Å². The average molecular weight is 565 g/mol. The molecule has 1 aliphatic heterocycles. The van der Waals surface area contributed by atoms with Crippen LogP contribution < -0.4 is 14.8 Å². The van der Waals surface area contributed by atoms with Gasteiger partial charge < -0.3 is 15.0 Å². The number of anilines is 1. The zero-order valence-corrected chi connectivity index (χ0v) is 24.4. The molecule has 3 heterocycles. The molecule has 212 valence electrons. The van der Waals surface area contributed by atoms with Crippen LogP contribution in [0.15, 0.2) is 52.8 Å². The predicted octanol–water partition coefficient (Wildman–Crippen LogP) is 4.47. The Balaban J connectivity index is 1.40. The first-order valence-corrected chi connectivity index (χ1v) is 14.9. The topological polar surface area (TPSA) is 118 Å². The van der Waals surface area contributed by atoms with Crippen LogP contribution in [-0.4, -0.2) is 61.4 Å². The highest BCUT2D eigenvalue weighted by Crippen LogP contribution is 2.40. The summed E-state index contributed by atoms with van der Waals surface area (Å²) in [5.41, 5.74) is 7.99. The molecule has 1 atom stereocenters. The molecule has 40 heavy (non-hydrogen) atoms. The van der Waals surface area contributed by atoms with Crippen LogP contribution in [0.3, 0.4) is 0 Å². The van der Waals surface area contributed by atoms with Gasteiger partial charge in [0.25, 0.3) is 10.0 Å². The quantitative estimate of drug-likeness (QED) is 0.424. The number of pyridine rings is 1. The number of rotatable bonds is 6. The summed E-state index contributed by atoms with van der Waals surface area (Å²) in [6.07, 6.45) is 6.79. The first kappa shape index (κ1) is 27.9. The summed E-state index contributed by atoms with van der Waals surface area (Å²) in [5, 5.41) is 7.04. The maximum absolute atomic E-state index is 13.2. The molecule has 1 aliphatic carbocycles. The van der Waals surface area contributed by atoms with E-state index in [0.29, 0.717) is 11.6 Å². The van der Waals surface area contributed by atoms with E-state index in [0.717, 1.165) is 66.6 Å². The number of sulfonamides is 1. The number of piperidine rings is 1. The van der Waals surface area contributed by atoms with Crippen molar-refractivity contribution in [2.45, 2.75) is 57.5 Å². The Morgan fingerprint density at radius 3 is 2.73 bits per heavy atom. The second-order valence-electron chi connectivity index (χ2n) is 10.9. The summed E-state index contributed by atoms with van der Waals surface area (Å²) in [5.74, 6) is 0.451. The number of fused-ring (bicyclic) bond motifs is 1. The lowest BCUT2D eigenvalue weighted by Crippen LogP contribution is -2.36. The second-order valence-corrected chi connectivity index (χ2v) is 12.5. The van der Waals surface area contributed by atoms with Crippen molar-refractivity contribution in [1.82, 2.24) is 24.4 Å². The molecule has 0 saturated carbocycles. The van der Waals surface area contributed by atoms with E-state index < -0.39 is 16.1 Å². The molecule has 10 nitrogen and oxygen atoms in total. The van der Waals surface area contributed by atoms with Crippen LogP contribution >= 0.6 is 0 Å². The fourth-order valence-electron chi connectivity index (χ4n) is 5.76. The van der Waals surface area contributed by atoms with E-state index >= 15 is 0 Å². The fraction of sp³-hybridized carbons (Fsp3) is 0.414. The largest absolute Gasteiger partial charge is 0.481 e. The first-order valence-electron chi connectivity index (χ1n) is 13.4. The third-order valence-electron chi connectivity index (χ3n) is 7.70. The van der Waals surface area contributed by atoms with Crippen LogP contribution in [0.2, 0.25) is 0 Å². The van der Waals surface area contributed by atoms with Crippen molar-refractivity contribution in [3.05, 3.63) is 64.5 Å². The molecular weight excluding hydrogens is 528 g/mol. The number of hydrogen-bond acceptors (Lipinski definition) is 7. The van der Waals surface area contributed by atoms with Gasteiger partial charge in [-0.15, -0.1) is 0 Å². The van der Waals surface area contributed by atoms with E-state index in [2.05, 4.69) is 44.9 Å². The van der Waals surface area contributed by atoms with Crippen molar-refractivity contribution in [1.29, 1.82) is 0 Å². The zero-order valence-electron chi connectivity index (χ0n) is 23.6. The van der Waals surface area contributed by atoms with Gasteiger partial charge in [-0.1, -0.05) is 17.2 Å². The van der Waals surface area contributed by atoms with Gasteiger partial charge in [0.15, 0.2) is 5.03 Å². The molecule has 0 bridgehead atoms. The molecular formula is C29H36N6O4S. The van der Waals surface area contributed by atoms with E-state index in [9.17, 15) is 13.2 Å². The predicted molar refractivity (Wildman–Crippen MR) is 154 cm³/mol. The monoisotopic (exact) mass is 564 g/mol. The molecule has 1 fully saturated rings. The summed E-state index contributed by atoms with van der Waals surface area (Å²) >= 11 is 0. The molecule has 0 spiro atoms.